The third-order valence-electron chi connectivity index (χ3n) is 6.09. The minimum atomic E-state index is -1.44. The number of aromatic hydroxyl groups is 1. The molecule has 140 valence electrons. The largest absolute Gasteiger partial charge is 0.506 e. The third kappa shape index (κ3) is 2.33. The fourth-order valence-electron chi connectivity index (χ4n) is 4.50. The van der Waals surface area contributed by atoms with Crippen molar-refractivity contribution in [1.82, 2.24) is 4.98 Å². The summed E-state index contributed by atoms with van der Waals surface area (Å²) in [6.07, 6.45) is 0.408. The van der Waals surface area contributed by atoms with Crippen molar-refractivity contribution in [3.63, 3.8) is 0 Å². The fraction of sp³-hybridized carbons (Fsp3) is 0.368. The van der Waals surface area contributed by atoms with Gasteiger partial charge in [0.2, 0.25) is 0 Å². The summed E-state index contributed by atoms with van der Waals surface area (Å²) in [5.41, 5.74) is 8.22. The van der Waals surface area contributed by atoms with E-state index in [0.29, 0.717) is 42.1 Å². The lowest BCUT2D eigenvalue weighted by molar-refractivity contribution is 0.0691. The lowest BCUT2D eigenvalue weighted by Gasteiger charge is -2.23. The molecule has 1 aromatic heterocycles. The van der Waals surface area contributed by atoms with Gasteiger partial charge in [0, 0.05) is 48.2 Å². The quantitative estimate of drug-likeness (QED) is 0.530. The molecule has 8 heteroatoms. The van der Waals surface area contributed by atoms with Gasteiger partial charge in [0.1, 0.15) is 5.75 Å². The van der Waals surface area contributed by atoms with Gasteiger partial charge in [0.15, 0.2) is 5.56 Å². The second-order valence-electron chi connectivity index (χ2n) is 7.55. The predicted molar refractivity (Wildman–Crippen MR) is 100 cm³/mol. The maximum atomic E-state index is 12.2. The second-order valence-corrected chi connectivity index (χ2v) is 7.55. The molecule has 1 saturated heterocycles. The van der Waals surface area contributed by atoms with Crippen molar-refractivity contribution >= 4 is 17.3 Å². The summed E-state index contributed by atoms with van der Waals surface area (Å²) in [7, 11) is 0. The number of anilines is 2. The number of hydrogen-bond donors (Lipinski definition) is 5. The first-order valence-electron chi connectivity index (χ1n) is 9.06. The van der Waals surface area contributed by atoms with Crippen LogP contribution in [0.5, 0.6) is 5.75 Å². The van der Waals surface area contributed by atoms with E-state index in [9.17, 15) is 19.8 Å². The minimum absolute atomic E-state index is 0.337. The summed E-state index contributed by atoms with van der Waals surface area (Å²) in [6, 6.07) is 6.28. The van der Waals surface area contributed by atoms with Gasteiger partial charge in [-0.25, -0.2) is 4.79 Å². The summed E-state index contributed by atoms with van der Waals surface area (Å²) >= 11 is 0. The van der Waals surface area contributed by atoms with Gasteiger partial charge in [-0.3, -0.25) is 4.79 Å². The van der Waals surface area contributed by atoms with Gasteiger partial charge in [-0.05, 0) is 36.5 Å². The topological polar surface area (TPSA) is 132 Å². The van der Waals surface area contributed by atoms with Gasteiger partial charge in [0.05, 0.1) is 5.69 Å². The molecule has 1 unspecified atom stereocenters. The number of aromatic carboxylic acids is 1. The summed E-state index contributed by atoms with van der Waals surface area (Å²) in [5.74, 6) is -0.718. The van der Waals surface area contributed by atoms with Gasteiger partial charge in [-0.2, -0.15) is 0 Å². The molecule has 1 aliphatic carbocycles. The van der Waals surface area contributed by atoms with Crippen molar-refractivity contribution in [1.29, 1.82) is 0 Å². The summed E-state index contributed by atoms with van der Waals surface area (Å²) in [6.45, 7) is 2.44. The highest BCUT2D eigenvalue weighted by molar-refractivity contribution is 5.93. The molecule has 3 heterocycles. The van der Waals surface area contributed by atoms with E-state index in [2.05, 4.69) is 15.2 Å². The van der Waals surface area contributed by atoms with E-state index in [4.69, 9.17) is 5.73 Å². The second kappa shape index (κ2) is 5.50. The first-order chi connectivity index (χ1) is 13.0. The Bertz CT molecular complexity index is 1020. The number of carbonyl (C=O) groups is 1. The van der Waals surface area contributed by atoms with Crippen LogP contribution in [0.4, 0.5) is 11.4 Å². The summed E-state index contributed by atoms with van der Waals surface area (Å²) < 4.78 is 0. The number of carboxylic acid groups (broad SMARTS) is 1. The lowest BCUT2D eigenvalue weighted by Crippen LogP contribution is -2.27. The average Bonchev–Trinajstić information content (AvgIpc) is 3.06. The van der Waals surface area contributed by atoms with E-state index in [1.165, 1.54) is 0 Å². The molecule has 0 amide bonds. The monoisotopic (exact) mass is 368 g/mol. The van der Waals surface area contributed by atoms with Crippen LogP contribution in [0.3, 0.4) is 0 Å². The van der Waals surface area contributed by atoms with Crippen LogP contribution in [0, 0.1) is 11.8 Å². The van der Waals surface area contributed by atoms with Crippen LogP contribution in [0.2, 0.25) is 0 Å². The van der Waals surface area contributed by atoms with Crippen LogP contribution in [0.15, 0.2) is 23.0 Å². The lowest BCUT2D eigenvalue weighted by atomic mass is 10.00. The zero-order chi connectivity index (χ0) is 18.9. The van der Waals surface area contributed by atoms with E-state index in [1.807, 2.05) is 18.2 Å². The normalized spacial score (nSPS) is 25.1. The number of nitrogens with zero attached hydrogens (tertiary/aromatic N) is 1. The highest BCUT2D eigenvalue weighted by Crippen LogP contribution is 2.46. The van der Waals surface area contributed by atoms with Crippen molar-refractivity contribution in [3.8, 4) is 17.0 Å². The van der Waals surface area contributed by atoms with Crippen LogP contribution in [0.1, 0.15) is 15.9 Å². The highest BCUT2D eigenvalue weighted by atomic mass is 16.4. The van der Waals surface area contributed by atoms with Gasteiger partial charge in [-0.1, -0.05) is 0 Å². The Kier molecular flexibility index (Phi) is 3.30. The Morgan fingerprint density at radius 1 is 1.26 bits per heavy atom. The number of fused-ring (bicyclic) bond motifs is 4. The van der Waals surface area contributed by atoms with Gasteiger partial charge in [-0.15, -0.1) is 0 Å². The smallest absolute Gasteiger partial charge is 0.345 e. The van der Waals surface area contributed by atoms with E-state index < -0.39 is 22.8 Å². The van der Waals surface area contributed by atoms with Crippen LogP contribution >= 0.6 is 0 Å². The van der Waals surface area contributed by atoms with Crippen molar-refractivity contribution < 1.29 is 15.0 Å². The van der Waals surface area contributed by atoms with Crippen LogP contribution < -0.4 is 21.5 Å². The first-order valence-corrected chi connectivity index (χ1v) is 9.06. The number of nitrogens with one attached hydrogen (secondary N) is 2. The summed E-state index contributed by atoms with van der Waals surface area (Å²) in [4.78, 5) is 28.5. The Morgan fingerprint density at radius 3 is 2.70 bits per heavy atom. The zero-order valence-electron chi connectivity index (χ0n) is 14.5. The summed E-state index contributed by atoms with van der Waals surface area (Å²) in [5, 5.41) is 22.9. The molecule has 2 aliphatic heterocycles. The molecule has 5 rings (SSSR count). The van der Waals surface area contributed by atoms with E-state index in [0.717, 1.165) is 30.0 Å². The molecular formula is C19H20N4O4. The molecule has 3 atom stereocenters. The Hall–Kier alpha value is -3.00. The molecule has 8 nitrogen and oxygen atoms in total. The molecule has 0 spiro atoms. The number of H-pyrrole nitrogens is 1. The van der Waals surface area contributed by atoms with E-state index in [1.54, 1.807) is 0 Å². The molecule has 27 heavy (non-hydrogen) atoms. The number of aromatic nitrogens is 1. The van der Waals surface area contributed by atoms with Crippen LogP contribution in [-0.2, 0) is 6.42 Å². The number of benzene rings is 1. The fourth-order valence-corrected chi connectivity index (χ4v) is 4.50. The number of nitrogens with two attached hydrogens (primary N) is 1. The molecule has 2 fully saturated rings. The van der Waals surface area contributed by atoms with Crippen molar-refractivity contribution in [2.75, 3.05) is 29.9 Å². The molecule has 0 radical (unpaired) electrons. The van der Waals surface area contributed by atoms with E-state index >= 15 is 0 Å². The number of hydrogen-bond acceptors (Lipinski definition) is 6. The number of piperidine rings is 1. The van der Waals surface area contributed by atoms with Crippen LogP contribution in [-0.4, -0.2) is 46.8 Å². The first kappa shape index (κ1) is 16.2. The number of rotatable bonds is 2. The SMILES string of the molecule is NC1[C@H]2CN(c3ccc4c(c3)NCCc3c-4[nH]c(=O)c(C(=O)O)c3O)C[C@@H]12. The number of carboxylic acids is 1. The van der Waals surface area contributed by atoms with Crippen molar-refractivity contribution in [3.05, 3.63) is 39.7 Å². The maximum absolute atomic E-state index is 12.2. The Balaban J connectivity index is 1.57. The van der Waals surface area contributed by atoms with E-state index in [-0.39, 0.29) is 0 Å². The molecule has 1 aromatic carbocycles. The van der Waals surface area contributed by atoms with Crippen molar-refractivity contribution in [2.45, 2.75) is 12.5 Å². The average molecular weight is 368 g/mol. The zero-order valence-corrected chi connectivity index (χ0v) is 14.5. The van der Waals surface area contributed by atoms with Gasteiger partial charge in [0.25, 0.3) is 5.56 Å². The number of pyridine rings is 1. The standard InChI is InChI=1S/C19H20N4O4/c20-15-11-6-23(7-12(11)15)8-1-2-9-13(5-8)21-4-3-10-16(9)22-18(25)14(17(10)24)19(26)27/h1-2,5,11-12,15,21H,3-4,6-7,20H2,(H,26,27)(H2,22,24,25)/t11-,12+,15?. The minimum Gasteiger partial charge on any atom is -0.506 e. The van der Waals surface area contributed by atoms with Crippen LogP contribution in [0.25, 0.3) is 11.3 Å². The molecule has 2 aromatic rings. The third-order valence-corrected chi connectivity index (χ3v) is 6.09. The molecule has 0 bridgehead atoms. The molecule has 6 N–H and O–H groups in total. The Morgan fingerprint density at radius 2 is 2.00 bits per heavy atom. The molecular weight excluding hydrogens is 348 g/mol. The number of aromatic amines is 1. The van der Waals surface area contributed by atoms with Gasteiger partial charge < -0.3 is 31.1 Å². The van der Waals surface area contributed by atoms with Crippen molar-refractivity contribution in [2.24, 2.45) is 17.6 Å². The van der Waals surface area contributed by atoms with Gasteiger partial charge >= 0.3 is 5.97 Å². The Labute approximate surface area is 154 Å². The maximum Gasteiger partial charge on any atom is 0.345 e. The highest BCUT2D eigenvalue weighted by Gasteiger charge is 2.53. The predicted octanol–water partition coefficient (Wildman–Crippen LogP) is 0.807. The molecule has 1 saturated carbocycles. The molecule has 3 aliphatic rings.